The average molecular weight is 259 g/mol. The fourth-order valence-corrected chi connectivity index (χ4v) is 1.90. The number of hydrogen-bond acceptors (Lipinski definition) is 4. The van der Waals surface area contributed by atoms with Gasteiger partial charge in [0.1, 0.15) is 0 Å². The molecule has 5 heteroatoms. The quantitative estimate of drug-likeness (QED) is 0.835. The molecule has 0 bridgehead atoms. The first-order valence-electron chi connectivity index (χ1n) is 6.70. The van der Waals surface area contributed by atoms with Crippen molar-refractivity contribution in [3.63, 3.8) is 0 Å². The lowest BCUT2D eigenvalue weighted by molar-refractivity contribution is 0.653. The second-order valence-corrected chi connectivity index (χ2v) is 4.77. The van der Waals surface area contributed by atoms with E-state index in [0.29, 0.717) is 0 Å². The van der Waals surface area contributed by atoms with Gasteiger partial charge in [0.25, 0.3) is 0 Å². The van der Waals surface area contributed by atoms with Gasteiger partial charge < -0.3 is 5.32 Å². The van der Waals surface area contributed by atoms with Crippen LogP contribution in [0.5, 0.6) is 0 Å². The summed E-state index contributed by atoms with van der Waals surface area (Å²) in [6.45, 7) is 10.0. The lowest BCUT2D eigenvalue weighted by atomic mass is 10.2. The number of rotatable bonds is 5. The minimum Gasteiger partial charge on any atom is -0.311 e. The van der Waals surface area contributed by atoms with Crippen molar-refractivity contribution in [1.29, 1.82) is 0 Å². The second kappa shape index (κ2) is 5.93. The minimum atomic E-state index is 0.761. The Bertz CT molecular complexity index is 542. The zero-order chi connectivity index (χ0) is 13.8. The van der Waals surface area contributed by atoms with Gasteiger partial charge in [-0.1, -0.05) is 6.92 Å². The molecule has 0 saturated heterocycles. The zero-order valence-electron chi connectivity index (χ0n) is 12.1. The summed E-state index contributed by atoms with van der Waals surface area (Å²) in [6.07, 6.45) is 1.12. The SMILES string of the molecule is CCCNCc1ccc(-n2nc(C)c(C)c2C)nn1. The summed E-state index contributed by atoms with van der Waals surface area (Å²) in [5.74, 6) is 0.771. The van der Waals surface area contributed by atoms with Gasteiger partial charge in [-0.25, -0.2) is 4.68 Å². The van der Waals surface area contributed by atoms with Crippen LogP contribution in [0.2, 0.25) is 0 Å². The van der Waals surface area contributed by atoms with Crippen LogP contribution in [0.15, 0.2) is 12.1 Å². The molecular formula is C14H21N5. The van der Waals surface area contributed by atoms with Crippen molar-refractivity contribution in [3.05, 3.63) is 34.8 Å². The van der Waals surface area contributed by atoms with Crippen LogP contribution < -0.4 is 5.32 Å². The van der Waals surface area contributed by atoms with E-state index in [1.165, 1.54) is 5.56 Å². The van der Waals surface area contributed by atoms with Gasteiger partial charge in [0.15, 0.2) is 5.82 Å². The number of hydrogen-bond donors (Lipinski definition) is 1. The summed E-state index contributed by atoms with van der Waals surface area (Å²) >= 11 is 0. The molecule has 0 spiro atoms. The summed E-state index contributed by atoms with van der Waals surface area (Å²) in [5.41, 5.74) is 4.31. The van der Waals surface area contributed by atoms with Crippen LogP contribution in [0.25, 0.3) is 5.82 Å². The number of aromatic nitrogens is 4. The lowest BCUT2D eigenvalue weighted by Gasteiger charge is -2.05. The summed E-state index contributed by atoms with van der Waals surface area (Å²) in [6, 6.07) is 3.96. The molecule has 0 amide bonds. The van der Waals surface area contributed by atoms with E-state index in [4.69, 9.17) is 0 Å². The van der Waals surface area contributed by atoms with E-state index in [0.717, 1.165) is 42.4 Å². The van der Waals surface area contributed by atoms with Gasteiger partial charge in [-0.05, 0) is 51.4 Å². The van der Waals surface area contributed by atoms with Gasteiger partial charge in [0.05, 0.1) is 11.4 Å². The first-order valence-corrected chi connectivity index (χ1v) is 6.70. The molecule has 0 aliphatic heterocycles. The Kier molecular flexibility index (Phi) is 4.27. The van der Waals surface area contributed by atoms with Crippen LogP contribution in [0, 0.1) is 20.8 Å². The maximum Gasteiger partial charge on any atom is 0.175 e. The molecule has 0 radical (unpaired) electrons. The largest absolute Gasteiger partial charge is 0.311 e. The average Bonchev–Trinajstić information content (AvgIpc) is 2.68. The van der Waals surface area contributed by atoms with Crippen molar-refractivity contribution in [1.82, 2.24) is 25.3 Å². The fraction of sp³-hybridized carbons (Fsp3) is 0.500. The van der Waals surface area contributed by atoms with Crippen molar-refractivity contribution < 1.29 is 0 Å². The Morgan fingerprint density at radius 2 is 1.95 bits per heavy atom. The van der Waals surface area contributed by atoms with Gasteiger partial charge in [0, 0.05) is 12.2 Å². The van der Waals surface area contributed by atoms with Crippen LogP contribution in [0.4, 0.5) is 0 Å². The van der Waals surface area contributed by atoms with Crippen molar-refractivity contribution in [2.45, 2.75) is 40.7 Å². The molecule has 0 atom stereocenters. The second-order valence-electron chi connectivity index (χ2n) is 4.77. The molecule has 102 valence electrons. The predicted molar refractivity (Wildman–Crippen MR) is 75.4 cm³/mol. The molecule has 0 aliphatic carbocycles. The smallest absolute Gasteiger partial charge is 0.175 e. The summed E-state index contributed by atoms with van der Waals surface area (Å²) in [4.78, 5) is 0. The van der Waals surface area contributed by atoms with Crippen molar-refractivity contribution >= 4 is 0 Å². The van der Waals surface area contributed by atoms with Gasteiger partial charge >= 0.3 is 0 Å². The third-order valence-electron chi connectivity index (χ3n) is 3.31. The number of aryl methyl sites for hydroxylation is 1. The minimum absolute atomic E-state index is 0.761. The molecule has 0 fully saturated rings. The van der Waals surface area contributed by atoms with Crippen LogP contribution in [0.3, 0.4) is 0 Å². The van der Waals surface area contributed by atoms with E-state index in [1.807, 2.05) is 30.7 Å². The van der Waals surface area contributed by atoms with Gasteiger partial charge in [-0.2, -0.15) is 10.2 Å². The highest BCUT2D eigenvalue weighted by atomic mass is 15.3. The van der Waals surface area contributed by atoms with E-state index >= 15 is 0 Å². The standard InChI is InChI=1S/C14H21N5/c1-5-8-15-9-13-6-7-14(17-16-13)19-12(4)10(2)11(3)18-19/h6-7,15H,5,8-9H2,1-4H3. The molecule has 2 heterocycles. The van der Waals surface area contributed by atoms with Crippen LogP contribution in [-0.2, 0) is 6.54 Å². The van der Waals surface area contributed by atoms with Crippen LogP contribution in [-0.4, -0.2) is 26.5 Å². The van der Waals surface area contributed by atoms with Crippen LogP contribution in [0.1, 0.15) is 36.0 Å². The summed E-state index contributed by atoms with van der Waals surface area (Å²) in [5, 5.41) is 16.3. The van der Waals surface area contributed by atoms with Gasteiger partial charge in [0.2, 0.25) is 0 Å². The lowest BCUT2D eigenvalue weighted by Crippen LogP contribution is -2.15. The first-order chi connectivity index (χ1) is 9.13. The summed E-state index contributed by atoms with van der Waals surface area (Å²) in [7, 11) is 0. The molecule has 2 rings (SSSR count). The summed E-state index contributed by atoms with van der Waals surface area (Å²) < 4.78 is 1.85. The van der Waals surface area contributed by atoms with E-state index < -0.39 is 0 Å². The Balaban J connectivity index is 2.15. The fourth-order valence-electron chi connectivity index (χ4n) is 1.90. The maximum atomic E-state index is 4.48. The van der Waals surface area contributed by atoms with Crippen molar-refractivity contribution in [3.8, 4) is 5.82 Å². The first kappa shape index (κ1) is 13.7. The topological polar surface area (TPSA) is 55.6 Å². The molecule has 2 aromatic rings. The van der Waals surface area contributed by atoms with Gasteiger partial charge in [-0.15, -0.1) is 5.10 Å². The van der Waals surface area contributed by atoms with E-state index in [-0.39, 0.29) is 0 Å². The Morgan fingerprint density at radius 3 is 2.47 bits per heavy atom. The normalized spacial score (nSPS) is 10.9. The number of nitrogens with zero attached hydrogens (tertiary/aromatic N) is 4. The molecule has 0 unspecified atom stereocenters. The van der Waals surface area contributed by atoms with Crippen molar-refractivity contribution in [2.75, 3.05) is 6.54 Å². The molecule has 1 N–H and O–H groups in total. The third kappa shape index (κ3) is 2.98. The number of nitrogens with one attached hydrogen (secondary N) is 1. The highest BCUT2D eigenvalue weighted by Gasteiger charge is 2.10. The highest BCUT2D eigenvalue weighted by Crippen LogP contribution is 2.14. The molecule has 0 aromatic carbocycles. The molecule has 0 aliphatic rings. The Labute approximate surface area is 114 Å². The Morgan fingerprint density at radius 1 is 1.16 bits per heavy atom. The van der Waals surface area contributed by atoms with E-state index in [1.54, 1.807) is 0 Å². The highest BCUT2D eigenvalue weighted by molar-refractivity contribution is 5.30. The molecule has 19 heavy (non-hydrogen) atoms. The van der Waals surface area contributed by atoms with Crippen molar-refractivity contribution in [2.24, 2.45) is 0 Å². The monoisotopic (exact) mass is 259 g/mol. The van der Waals surface area contributed by atoms with E-state index in [9.17, 15) is 0 Å². The van der Waals surface area contributed by atoms with Gasteiger partial charge in [-0.3, -0.25) is 0 Å². The molecule has 2 aromatic heterocycles. The van der Waals surface area contributed by atoms with E-state index in [2.05, 4.69) is 34.5 Å². The zero-order valence-corrected chi connectivity index (χ0v) is 12.1. The molecule has 0 saturated carbocycles. The maximum absolute atomic E-state index is 4.48. The molecule has 5 nitrogen and oxygen atoms in total. The Hall–Kier alpha value is -1.75. The van der Waals surface area contributed by atoms with Crippen LogP contribution >= 0.6 is 0 Å². The molecular weight excluding hydrogens is 238 g/mol. The third-order valence-corrected chi connectivity index (χ3v) is 3.31. The predicted octanol–water partition coefficient (Wildman–Crippen LogP) is 2.09.